The largest absolute Gasteiger partial charge is 0.416 e. The molecule has 1 amide bonds. The standard InChI is InChI=1S/C11H11F3N2O3/c1-2-3-15-10(17)7-4-8(11(12,13)14)6-9(5-7)16(18)19/h4-6H,2-3H2,1H3,(H,15,17). The zero-order chi connectivity index (χ0) is 14.6. The van der Waals surface area contributed by atoms with Crippen LogP contribution in [0.4, 0.5) is 18.9 Å². The molecular weight excluding hydrogens is 265 g/mol. The van der Waals surface area contributed by atoms with E-state index in [2.05, 4.69) is 5.32 Å². The number of carbonyl (C=O) groups is 1. The molecule has 0 fully saturated rings. The highest BCUT2D eigenvalue weighted by Crippen LogP contribution is 2.32. The molecule has 0 aliphatic carbocycles. The van der Waals surface area contributed by atoms with Crippen molar-refractivity contribution < 1.29 is 22.9 Å². The summed E-state index contributed by atoms with van der Waals surface area (Å²) in [5.74, 6) is -0.768. The highest BCUT2D eigenvalue weighted by molar-refractivity contribution is 5.95. The highest BCUT2D eigenvalue weighted by atomic mass is 19.4. The van der Waals surface area contributed by atoms with Crippen molar-refractivity contribution in [2.45, 2.75) is 19.5 Å². The van der Waals surface area contributed by atoms with Crippen LogP contribution in [0.25, 0.3) is 0 Å². The third kappa shape index (κ3) is 3.94. The number of nitrogens with one attached hydrogen (secondary N) is 1. The number of nitro groups is 1. The molecule has 1 aromatic rings. The lowest BCUT2D eigenvalue weighted by Gasteiger charge is -2.09. The van der Waals surface area contributed by atoms with Gasteiger partial charge in [-0.25, -0.2) is 0 Å². The summed E-state index contributed by atoms with van der Waals surface area (Å²) in [6.07, 6.45) is -4.14. The van der Waals surface area contributed by atoms with E-state index in [4.69, 9.17) is 0 Å². The van der Waals surface area contributed by atoms with Gasteiger partial charge >= 0.3 is 6.18 Å². The number of carbonyl (C=O) groups excluding carboxylic acids is 1. The Morgan fingerprint density at radius 2 is 2.00 bits per heavy atom. The summed E-state index contributed by atoms with van der Waals surface area (Å²) in [6, 6.07) is 1.81. The van der Waals surface area contributed by atoms with Crippen molar-refractivity contribution in [2.24, 2.45) is 0 Å². The molecule has 19 heavy (non-hydrogen) atoms. The molecule has 1 rings (SSSR count). The second kappa shape index (κ2) is 5.68. The van der Waals surface area contributed by atoms with Gasteiger partial charge in [0.25, 0.3) is 11.6 Å². The number of halogens is 3. The van der Waals surface area contributed by atoms with E-state index in [0.717, 1.165) is 6.07 Å². The lowest BCUT2D eigenvalue weighted by Crippen LogP contribution is -2.24. The Balaban J connectivity index is 3.21. The SMILES string of the molecule is CCCNC(=O)c1cc([N+](=O)[O-])cc(C(F)(F)F)c1. The predicted octanol–water partition coefficient (Wildman–Crippen LogP) is 2.75. The van der Waals surface area contributed by atoms with Gasteiger partial charge in [-0.1, -0.05) is 6.92 Å². The summed E-state index contributed by atoms with van der Waals surface area (Å²) in [5, 5.41) is 12.9. The lowest BCUT2D eigenvalue weighted by molar-refractivity contribution is -0.385. The minimum atomic E-state index is -4.74. The minimum Gasteiger partial charge on any atom is -0.352 e. The summed E-state index contributed by atoms with van der Waals surface area (Å²) < 4.78 is 37.7. The predicted molar refractivity (Wildman–Crippen MR) is 60.7 cm³/mol. The molecule has 104 valence electrons. The Morgan fingerprint density at radius 3 is 2.47 bits per heavy atom. The summed E-state index contributed by atoms with van der Waals surface area (Å²) in [7, 11) is 0. The van der Waals surface area contributed by atoms with E-state index in [1.54, 1.807) is 6.92 Å². The van der Waals surface area contributed by atoms with E-state index in [-0.39, 0.29) is 12.1 Å². The number of alkyl halides is 3. The van der Waals surface area contributed by atoms with Crippen LogP contribution in [0.5, 0.6) is 0 Å². The van der Waals surface area contributed by atoms with Gasteiger partial charge in [-0.15, -0.1) is 0 Å². The van der Waals surface area contributed by atoms with Gasteiger partial charge in [0.2, 0.25) is 0 Å². The van der Waals surface area contributed by atoms with Crippen LogP contribution in [-0.2, 0) is 6.18 Å². The monoisotopic (exact) mass is 276 g/mol. The molecule has 0 heterocycles. The van der Waals surface area contributed by atoms with Crippen molar-refractivity contribution in [2.75, 3.05) is 6.54 Å². The maximum Gasteiger partial charge on any atom is 0.416 e. The van der Waals surface area contributed by atoms with Crippen molar-refractivity contribution in [1.82, 2.24) is 5.32 Å². The first kappa shape index (κ1) is 14.9. The Hall–Kier alpha value is -2.12. The first-order chi connectivity index (χ1) is 8.75. The van der Waals surface area contributed by atoms with Gasteiger partial charge in [-0.3, -0.25) is 14.9 Å². The van der Waals surface area contributed by atoms with Crippen LogP contribution in [-0.4, -0.2) is 17.4 Å². The van der Waals surface area contributed by atoms with Gasteiger partial charge < -0.3 is 5.32 Å². The fourth-order valence-electron chi connectivity index (χ4n) is 1.35. The van der Waals surface area contributed by atoms with Crippen molar-refractivity contribution >= 4 is 11.6 Å². The van der Waals surface area contributed by atoms with Crippen LogP contribution in [0.2, 0.25) is 0 Å². The maximum atomic E-state index is 12.6. The Kier molecular flexibility index (Phi) is 4.47. The summed E-state index contributed by atoms with van der Waals surface area (Å²) in [6.45, 7) is 2.05. The molecule has 0 saturated carbocycles. The molecule has 0 radical (unpaired) electrons. The number of nitrogens with zero attached hydrogens (tertiary/aromatic N) is 1. The molecule has 1 N–H and O–H groups in total. The molecule has 0 unspecified atom stereocenters. The maximum absolute atomic E-state index is 12.6. The Bertz CT molecular complexity index is 500. The molecule has 0 bridgehead atoms. The number of amides is 1. The van der Waals surface area contributed by atoms with Crippen LogP contribution in [0.3, 0.4) is 0 Å². The molecule has 5 nitrogen and oxygen atoms in total. The van der Waals surface area contributed by atoms with E-state index in [0.29, 0.717) is 18.6 Å². The molecule has 0 spiro atoms. The van der Waals surface area contributed by atoms with Gasteiger partial charge in [-0.2, -0.15) is 13.2 Å². The van der Waals surface area contributed by atoms with Crippen molar-refractivity contribution in [3.05, 3.63) is 39.4 Å². The zero-order valence-corrected chi connectivity index (χ0v) is 9.95. The summed E-state index contributed by atoms with van der Waals surface area (Å²) in [4.78, 5) is 21.2. The molecule has 0 aromatic heterocycles. The van der Waals surface area contributed by atoms with E-state index < -0.39 is 28.3 Å². The molecule has 1 aromatic carbocycles. The quantitative estimate of drug-likeness (QED) is 0.678. The summed E-state index contributed by atoms with van der Waals surface area (Å²) >= 11 is 0. The van der Waals surface area contributed by atoms with Gasteiger partial charge in [0.1, 0.15) is 0 Å². The normalized spacial score (nSPS) is 11.2. The average Bonchev–Trinajstić information content (AvgIpc) is 2.34. The van der Waals surface area contributed by atoms with E-state index in [1.165, 1.54) is 0 Å². The topological polar surface area (TPSA) is 72.2 Å². The number of benzene rings is 1. The van der Waals surface area contributed by atoms with Crippen molar-refractivity contribution in [3.63, 3.8) is 0 Å². The molecular formula is C11H11F3N2O3. The molecule has 0 aliphatic heterocycles. The zero-order valence-electron chi connectivity index (χ0n) is 9.95. The molecule has 0 saturated heterocycles. The minimum absolute atomic E-state index is 0.281. The Morgan fingerprint density at radius 1 is 1.37 bits per heavy atom. The number of hydrogen-bond acceptors (Lipinski definition) is 3. The second-order valence-corrected chi connectivity index (χ2v) is 3.78. The smallest absolute Gasteiger partial charge is 0.352 e. The fourth-order valence-corrected chi connectivity index (χ4v) is 1.35. The van der Waals surface area contributed by atoms with Gasteiger partial charge in [-0.05, 0) is 12.5 Å². The molecule has 8 heteroatoms. The third-order valence-corrected chi connectivity index (χ3v) is 2.25. The first-order valence-corrected chi connectivity index (χ1v) is 5.40. The van der Waals surface area contributed by atoms with E-state index in [1.807, 2.05) is 0 Å². The Labute approximate surface area is 106 Å². The first-order valence-electron chi connectivity index (χ1n) is 5.40. The third-order valence-electron chi connectivity index (χ3n) is 2.25. The van der Waals surface area contributed by atoms with Crippen LogP contribution in [0.1, 0.15) is 29.3 Å². The van der Waals surface area contributed by atoms with Gasteiger partial charge in [0.15, 0.2) is 0 Å². The van der Waals surface area contributed by atoms with Crippen molar-refractivity contribution in [3.8, 4) is 0 Å². The van der Waals surface area contributed by atoms with Crippen LogP contribution >= 0.6 is 0 Å². The number of hydrogen-bond donors (Lipinski definition) is 1. The number of rotatable bonds is 4. The second-order valence-electron chi connectivity index (χ2n) is 3.78. The van der Waals surface area contributed by atoms with Crippen LogP contribution in [0, 0.1) is 10.1 Å². The van der Waals surface area contributed by atoms with Crippen LogP contribution < -0.4 is 5.32 Å². The van der Waals surface area contributed by atoms with E-state index >= 15 is 0 Å². The van der Waals surface area contributed by atoms with E-state index in [9.17, 15) is 28.1 Å². The molecule has 0 aliphatic rings. The lowest BCUT2D eigenvalue weighted by atomic mass is 10.1. The highest BCUT2D eigenvalue weighted by Gasteiger charge is 2.33. The summed E-state index contributed by atoms with van der Waals surface area (Å²) in [5.41, 5.74) is -2.37. The van der Waals surface area contributed by atoms with Crippen LogP contribution in [0.15, 0.2) is 18.2 Å². The number of nitro benzene ring substituents is 1. The van der Waals surface area contributed by atoms with Crippen molar-refractivity contribution in [1.29, 1.82) is 0 Å². The molecule has 0 atom stereocenters. The average molecular weight is 276 g/mol. The number of non-ortho nitro benzene ring substituents is 1. The van der Waals surface area contributed by atoms with Gasteiger partial charge in [0.05, 0.1) is 10.5 Å². The van der Waals surface area contributed by atoms with Gasteiger partial charge in [0, 0.05) is 24.2 Å². The fraction of sp³-hybridized carbons (Fsp3) is 0.364.